The van der Waals surface area contributed by atoms with Gasteiger partial charge in [-0.05, 0) is 33.4 Å². The lowest BCUT2D eigenvalue weighted by Crippen LogP contribution is -1.97. The van der Waals surface area contributed by atoms with Gasteiger partial charge in [-0.2, -0.15) is 4.31 Å². The van der Waals surface area contributed by atoms with E-state index in [0.29, 0.717) is 11.1 Å². The highest BCUT2D eigenvalue weighted by Gasteiger charge is 2.29. The summed E-state index contributed by atoms with van der Waals surface area (Å²) in [4.78, 5) is 31.0. The lowest BCUT2D eigenvalue weighted by molar-refractivity contribution is 0.225. The molecule has 6 aromatic rings. The lowest BCUT2D eigenvalue weighted by atomic mass is 9.80. The fourth-order valence-corrected chi connectivity index (χ4v) is 6.48. The maximum atomic E-state index is 11.8. The van der Waals surface area contributed by atoms with E-state index in [1.54, 1.807) is 0 Å². The van der Waals surface area contributed by atoms with Gasteiger partial charge in [-0.25, -0.2) is 9.13 Å². The van der Waals surface area contributed by atoms with E-state index in [1.807, 2.05) is 103 Å². The lowest BCUT2D eigenvalue weighted by Gasteiger charge is -2.24. The molecular formula is C36H30O9P2. The number of hydrogen-bond donors (Lipinski definition) is 6. The Morgan fingerprint density at radius 2 is 0.660 bits per heavy atom. The standard InChI is InChI=1S/C36H26O2.H4O7P2/c37-35-33(28-21-11-4-12-22-28)31(26-17-7-2-8-18-26)32(27-19-9-3-10-20-27)34(36(35)38)30-24-14-13-23-29(30)25-15-5-1-6-16-25;1-8(2,3)7-9(4,5)6/h1-24,37-38H;(H2,1,2,3)(H2,4,5,6). The van der Waals surface area contributed by atoms with Crippen molar-refractivity contribution in [1.82, 2.24) is 0 Å². The number of phenolic OH excluding ortho intramolecular Hbond substituents is 2. The van der Waals surface area contributed by atoms with Crippen molar-refractivity contribution in [2.45, 2.75) is 0 Å². The Morgan fingerprint density at radius 1 is 0.362 bits per heavy atom. The van der Waals surface area contributed by atoms with E-state index in [0.717, 1.165) is 44.5 Å². The van der Waals surface area contributed by atoms with E-state index in [1.165, 1.54) is 0 Å². The van der Waals surface area contributed by atoms with E-state index in [2.05, 4.69) is 46.8 Å². The van der Waals surface area contributed by atoms with Crippen molar-refractivity contribution in [3.05, 3.63) is 146 Å². The smallest absolute Gasteiger partial charge is 0.478 e. The van der Waals surface area contributed by atoms with E-state index < -0.39 is 15.6 Å². The van der Waals surface area contributed by atoms with Gasteiger partial charge in [0.1, 0.15) is 0 Å². The van der Waals surface area contributed by atoms with Crippen LogP contribution >= 0.6 is 15.6 Å². The summed E-state index contributed by atoms with van der Waals surface area (Å²) in [6.45, 7) is 0. The Hall–Kier alpha value is -4.82. The minimum Gasteiger partial charge on any atom is -0.504 e. The van der Waals surface area contributed by atoms with Crippen molar-refractivity contribution in [1.29, 1.82) is 0 Å². The van der Waals surface area contributed by atoms with Gasteiger partial charge in [0, 0.05) is 22.3 Å². The maximum Gasteiger partial charge on any atom is 0.478 e. The molecule has 0 aliphatic heterocycles. The van der Waals surface area contributed by atoms with Crippen LogP contribution in [-0.2, 0) is 13.4 Å². The number of aromatic hydroxyl groups is 2. The van der Waals surface area contributed by atoms with Crippen LogP contribution in [0.15, 0.2) is 146 Å². The first-order chi connectivity index (χ1) is 22.4. The predicted molar refractivity (Wildman–Crippen MR) is 182 cm³/mol. The molecule has 0 saturated carbocycles. The second-order valence-corrected chi connectivity index (χ2v) is 12.9. The van der Waals surface area contributed by atoms with Crippen molar-refractivity contribution in [3.8, 4) is 67.1 Å². The van der Waals surface area contributed by atoms with Gasteiger partial charge in [-0.15, -0.1) is 0 Å². The number of phosphoric acid groups is 2. The van der Waals surface area contributed by atoms with E-state index in [4.69, 9.17) is 19.6 Å². The molecule has 0 aromatic heterocycles. The van der Waals surface area contributed by atoms with Gasteiger partial charge < -0.3 is 29.8 Å². The SMILES string of the molecule is O=P(O)(O)OP(=O)(O)O.Oc1c(O)c(-c2ccccc2-c2ccccc2)c(-c2ccccc2)c(-c2ccccc2)c1-c1ccccc1. The molecular weight excluding hydrogens is 638 g/mol. The zero-order valence-corrected chi connectivity index (χ0v) is 26.4. The van der Waals surface area contributed by atoms with E-state index >= 15 is 0 Å². The molecule has 6 N–H and O–H groups in total. The third-order valence-corrected chi connectivity index (χ3v) is 8.83. The van der Waals surface area contributed by atoms with Crippen LogP contribution in [0.25, 0.3) is 55.6 Å². The molecule has 6 rings (SSSR count). The molecule has 0 bridgehead atoms. The van der Waals surface area contributed by atoms with Gasteiger partial charge in [0.05, 0.1) is 0 Å². The van der Waals surface area contributed by atoms with Crippen LogP contribution in [-0.4, -0.2) is 29.8 Å². The summed E-state index contributed by atoms with van der Waals surface area (Å²) in [5.41, 5.74) is 8.56. The van der Waals surface area contributed by atoms with Crippen molar-refractivity contribution in [2.24, 2.45) is 0 Å². The normalized spacial score (nSPS) is 11.4. The topological polar surface area (TPSA) is 165 Å². The van der Waals surface area contributed by atoms with Gasteiger partial charge in [0.2, 0.25) is 0 Å². The summed E-state index contributed by atoms with van der Waals surface area (Å²) >= 11 is 0. The summed E-state index contributed by atoms with van der Waals surface area (Å²) in [6, 6.07) is 48.2. The molecule has 0 saturated heterocycles. The molecule has 0 spiro atoms. The van der Waals surface area contributed by atoms with Crippen molar-refractivity contribution >= 4 is 15.6 Å². The maximum absolute atomic E-state index is 11.8. The van der Waals surface area contributed by atoms with Crippen molar-refractivity contribution in [2.75, 3.05) is 0 Å². The average molecular weight is 669 g/mol. The quantitative estimate of drug-likeness (QED) is 0.0722. The van der Waals surface area contributed by atoms with Gasteiger partial charge in [0.15, 0.2) is 11.5 Å². The molecule has 0 fully saturated rings. The Labute approximate surface area is 271 Å². The molecule has 6 aromatic carbocycles. The molecule has 0 radical (unpaired) electrons. The second-order valence-electron chi connectivity index (χ2n) is 10.3. The third-order valence-electron chi connectivity index (χ3n) is 7.13. The van der Waals surface area contributed by atoms with Crippen LogP contribution in [0.3, 0.4) is 0 Å². The van der Waals surface area contributed by atoms with E-state index in [9.17, 15) is 19.3 Å². The van der Waals surface area contributed by atoms with Gasteiger partial charge in [0.25, 0.3) is 0 Å². The molecule has 238 valence electrons. The zero-order valence-electron chi connectivity index (χ0n) is 24.7. The summed E-state index contributed by atoms with van der Waals surface area (Å²) in [5.74, 6) is -0.265. The van der Waals surface area contributed by atoms with Crippen LogP contribution in [0.2, 0.25) is 0 Å². The Morgan fingerprint density at radius 3 is 1.04 bits per heavy atom. The summed E-state index contributed by atoms with van der Waals surface area (Å²) in [7, 11) is -10.1. The highest BCUT2D eigenvalue weighted by atomic mass is 31.3. The second kappa shape index (κ2) is 14.3. The summed E-state index contributed by atoms with van der Waals surface area (Å²) in [5, 5.41) is 23.5. The van der Waals surface area contributed by atoms with Crippen molar-refractivity contribution in [3.63, 3.8) is 0 Å². The molecule has 0 unspecified atom stereocenters. The molecule has 0 aliphatic rings. The van der Waals surface area contributed by atoms with Crippen LogP contribution in [0.1, 0.15) is 0 Å². The first-order valence-corrected chi connectivity index (χ1v) is 17.3. The number of hydrogen-bond acceptors (Lipinski definition) is 5. The average Bonchev–Trinajstić information content (AvgIpc) is 3.06. The molecule has 0 heterocycles. The Kier molecular flexibility index (Phi) is 10.2. The molecule has 0 atom stereocenters. The highest BCUT2D eigenvalue weighted by Crippen LogP contribution is 2.56. The molecule has 47 heavy (non-hydrogen) atoms. The van der Waals surface area contributed by atoms with Crippen LogP contribution in [0.4, 0.5) is 0 Å². The largest absolute Gasteiger partial charge is 0.504 e. The van der Waals surface area contributed by atoms with Gasteiger partial charge in [-0.1, -0.05) is 146 Å². The summed E-state index contributed by atoms with van der Waals surface area (Å²) in [6.07, 6.45) is 0. The fraction of sp³-hybridized carbons (Fsp3) is 0. The van der Waals surface area contributed by atoms with Crippen LogP contribution < -0.4 is 0 Å². The number of phenols is 2. The van der Waals surface area contributed by atoms with E-state index in [-0.39, 0.29) is 11.5 Å². The first kappa shape index (κ1) is 33.5. The van der Waals surface area contributed by atoms with Crippen molar-refractivity contribution < 1.29 is 43.2 Å². The minimum absolute atomic E-state index is 0.132. The number of rotatable bonds is 7. The Bertz CT molecular complexity index is 2040. The molecule has 9 nitrogen and oxygen atoms in total. The molecule has 11 heteroatoms. The van der Waals surface area contributed by atoms with Gasteiger partial charge >= 0.3 is 15.6 Å². The zero-order chi connectivity index (χ0) is 33.6. The monoisotopic (exact) mass is 668 g/mol. The van der Waals surface area contributed by atoms with Gasteiger partial charge in [-0.3, -0.25) is 0 Å². The summed E-state index contributed by atoms with van der Waals surface area (Å²) < 4.78 is 22.2. The predicted octanol–water partition coefficient (Wildman–Crippen LogP) is 8.62. The minimum atomic E-state index is -5.05. The highest BCUT2D eigenvalue weighted by molar-refractivity contribution is 7.60. The third kappa shape index (κ3) is 8.13. The fourth-order valence-electron chi connectivity index (χ4n) is 5.37. The van der Waals surface area contributed by atoms with Crippen LogP contribution in [0, 0.1) is 0 Å². The number of benzene rings is 6. The molecule has 0 amide bonds. The Balaban J connectivity index is 0.000000424. The first-order valence-electron chi connectivity index (χ1n) is 14.2. The molecule has 0 aliphatic carbocycles. The van der Waals surface area contributed by atoms with Crippen LogP contribution in [0.5, 0.6) is 11.5 Å².